The summed E-state index contributed by atoms with van der Waals surface area (Å²) in [4.78, 5) is 4.89. The van der Waals surface area contributed by atoms with Gasteiger partial charge < -0.3 is 4.67 Å². The quantitative estimate of drug-likeness (QED) is 0.302. The molecular formula is C27H64N8P2. The van der Waals surface area contributed by atoms with Gasteiger partial charge in [-0.2, -0.15) is 0 Å². The molecule has 0 aromatic heterocycles. The van der Waals surface area contributed by atoms with E-state index < -0.39 is 7.51 Å². The first-order chi connectivity index (χ1) is 16.5. The first kappa shape index (κ1) is 36.9. The Balaban J connectivity index is 0.000000701. The average Bonchev–Trinajstić information content (AvgIpc) is 2.68. The zero-order valence-corrected chi connectivity index (χ0v) is 29.8. The molecule has 1 unspecified atom stereocenters. The van der Waals surface area contributed by atoms with Crippen LogP contribution in [0.15, 0.2) is 9.74 Å². The topological polar surface area (TPSA) is 44.2 Å². The van der Waals surface area contributed by atoms with Crippen LogP contribution in [-0.4, -0.2) is 121 Å². The number of nitrogens with zero attached hydrogens (tertiary/aromatic N) is 8. The molecule has 1 fully saturated rings. The SMILES string of the molecule is CCN(CC)P1N(C)CCC(=NC(C)(C)C)N1C.CN(C)P(=NC(C)(C)CC(C)(C)C)(N(C)C)N(C)C. The molecule has 222 valence electrons. The zero-order valence-electron chi connectivity index (χ0n) is 28.0. The van der Waals surface area contributed by atoms with Crippen LogP contribution >= 0.6 is 15.9 Å². The van der Waals surface area contributed by atoms with E-state index in [0.29, 0.717) is 0 Å². The fourth-order valence-electron chi connectivity index (χ4n) is 5.28. The fourth-order valence-corrected chi connectivity index (χ4v) is 11.2. The van der Waals surface area contributed by atoms with Gasteiger partial charge >= 0.3 is 0 Å². The summed E-state index contributed by atoms with van der Waals surface area (Å²) in [5.41, 5.74) is 0.266. The first-order valence-corrected chi connectivity index (χ1v) is 16.6. The van der Waals surface area contributed by atoms with Crippen LogP contribution in [0.2, 0.25) is 0 Å². The molecule has 1 aliphatic rings. The number of hydrogen-bond acceptors (Lipinski definition) is 4. The summed E-state index contributed by atoms with van der Waals surface area (Å²) in [5.74, 6) is 1.26. The number of hydrogen-bond donors (Lipinski definition) is 0. The average molecular weight is 563 g/mol. The van der Waals surface area contributed by atoms with Gasteiger partial charge in [0.1, 0.15) is 14.2 Å². The van der Waals surface area contributed by atoms with Gasteiger partial charge in [-0.25, -0.2) is 0 Å². The van der Waals surface area contributed by atoms with Crippen LogP contribution < -0.4 is 0 Å². The molecule has 1 aliphatic heterocycles. The van der Waals surface area contributed by atoms with Crippen molar-refractivity contribution in [1.29, 1.82) is 0 Å². The van der Waals surface area contributed by atoms with Crippen molar-refractivity contribution in [2.45, 2.75) is 93.2 Å². The molecular weight excluding hydrogens is 498 g/mol. The summed E-state index contributed by atoms with van der Waals surface area (Å²) in [5, 5.41) is 0. The maximum atomic E-state index is 5.31. The van der Waals surface area contributed by atoms with Gasteiger partial charge in [-0.15, -0.1) is 0 Å². The van der Waals surface area contributed by atoms with Gasteiger partial charge in [-0.3, -0.25) is 33.1 Å². The highest BCUT2D eigenvalue weighted by molar-refractivity contribution is 7.59. The minimum atomic E-state index is -1.79. The Hall–Kier alpha value is -0.0700. The van der Waals surface area contributed by atoms with E-state index in [1.165, 1.54) is 5.84 Å². The Kier molecular flexibility index (Phi) is 14.5. The number of rotatable bonds is 8. The van der Waals surface area contributed by atoms with Crippen molar-refractivity contribution in [3.05, 3.63) is 0 Å². The Morgan fingerprint density at radius 2 is 1.24 bits per heavy atom. The molecule has 0 aliphatic carbocycles. The molecule has 1 saturated heterocycles. The Labute approximate surface area is 234 Å². The Bertz CT molecular complexity index is 731. The molecule has 0 aromatic carbocycles. The van der Waals surface area contributed by atoms with Gasteiger partial charge in [-0.05, 0) is 95.8 Å². The lowest BCUT2D eigenvalue weighted by molar-refractivity contribution is 0.285. The summed E-state index contributed by atoms with van der Waals surface area (Å²) in [7, 11) is 15.0. The van der Waals surface area contributed by atoms with Crippen molar-refractivity contribution in [2.24, 2.45) is 15.2 Å². The lowest BCUT2D eigenvalue weighted by atomic mass is 9.82. The van der Waals surface area contributed by atoms with Gasteiger partial charge in [0.05, 0.1) is 11.1 Å². The zero-order chi connectivity index (χ0) is 29.6. The van der Waals surface area contributed by atoms with Crippen LogP contribution in [0.4, 0.5) is 0 Å². The summed E-state index contributed by atoms with van der Waals surface area (Å²) in [6, 6.07) is 0. The molecule has 0 spiro atoms. The molecule has 1 rings (SSSR count). The molecule has 0 N–H and O–H groups in total. The normalized spacial score (nSPS) is 19.8. The van der Waals surface area contributed by atoms with Crippen LogP contribution in [0.25, 0.3) is 0 Å². The van der Waals surface area contributed by atoms with Gasteiger partial charge in [0.25, 0.3) is 0 Å². The van der Waals surface area contributed by atoms with Gasteiger partial charge in [0.15, 0.2) is 7.51 Å². The number of amidine groups is 1. The lowest BCUT2D eigenvalue weighted by Crippen LogP contribution is -2.43. The molecule has 1 atom stereocenters. The van der Waals surface area contributed by atoms with E-state index in [1.807, 2.05) is 0 Å². The highest BCUT2D eigenvalue weighted by atomic mass is 31.2. The summed E-state index contributed by atoms with van der Waals surface area (Å²) in [6.45, 7) is 25.7. The molecule has 0 saturated carbocycles. The van der Waals surface area contributed by atoms with E-state index in [0.717, 1.165) is 32.5 Å². The van der Waals surface area contributed by atoms with Crippen molar-refractivity contribution >= 4 is 21.7 Å². The Morgan fingerprint density at radius 1 is 0.811 bits per heavy atom. The van der Waals surface area contributed by atoms with Crippen molar-refractivity contribution < 1.29 is 0 Å². The molecule has 10 heteroatoms. The van der Waals surface area contributed by atoms with E-state index in [2.05, 4.69) is 154 Å². The monoisotopic (exact) mass is 562 g/mol. The van der Waals surface area contributed by atoms with E-state index in [1.54, 1.807) is 0 Å². The summed E-state index contributed by atoms with van der Waals surface area (Å²) < 4.78 is 19.5. The molecule has 0 amide bonds. The summed E-state index contributed by atoms with van der Waals surface area (Å²) >= 11 is 0. The van der Waals surface area contributed by atoms with Crippen LogP contribution in [0.5, 0.6) is 0 Å². The van der Waals surface area contributed by atoms with E-state index in [-0.39, 0.29) is 24.9 Å². The minimum Gasteiger partial charge on any atom is -0.317 e. The maximum Gasteiger partial charge on any atom is 0.166 e. The smallest absolute Gasteiger partial charge is 0.166 e. The second kappa shape index (κ2) is 14.5. The third kappa shape index (κ3) is 11.5. The molecule has 0 bridgehead atoms. The standard InChI is InChI=1S/C14H35N4P.C13H29N4P/c1-13(2,3)12-14(4,5)15-19(16(6)7,17(8)9)18(10)11;1-8-17(9-2)18-15(6)11-10-12(16(18)7)14-13(3,4)5/h12H2,1-11H3;8-11H2,1-7H3. The predicted molar refractivity (Wildman–Crippen MR) is 171 cm³/mol. The van der Waals surface area contributed by atoms with Crippen LogP contribution in [-0.2, 0) is 0 Å². The molecule has 8 nitrogen and oxygen atoms in total. The number of aliphatic imine (C=N–C) groups is 1. The minimum absolute atomic E-state index is 0.0176. The summed E-state index contributed by atoms with van der Waals surface area (Å²) in [6.07, 6.45) is 2.14. The second-order valence-electron chi connectivity index (χ2n) is 13.5. The van der Waals surface area contributed by atoms with Crippen molar-refractivity contribution in [2.75, 3.05) is 76.0 Å². The lowest BCUT2D eigenvalue weighted by Gasteiger charge is -2.46. The molecule has 1 heterocycles. The van der Waals surface area contributed by atoms with Gasteiger partial charge in [0, 0.05) is 33.1 Å². The van der Waals surface area contributed by atoms with Crippen LogP contribution in [0.1, 0.15) is 82.1 Å². The van der Waals surface area contributed by atoms with Crippen LogP contribution in [0.3, 0.4) is 0 Å². The van der Waals surface area contributed by atoms with E-state index in [4.69, 9.17) is 9.74 Å². The molecule has 0 radical (unpaired) electrons. The van der Waals surface area contributed by atoms with Crippen molar-refractivity contribution in [3.8, 4) is 0 Å². The highest BCUT2D eigenvalue weighted by Crippen LogP contribution is 2.57. The second-order valence-corrected chi connectivity index (χ2v) is 19.5. The van der Waals surface area contributed by atoms with Crippen LogP contribution in [0, 0.1) is 5.41 Å². The van der Waals surface area contributed by atoms with Gasteiger partial charge in [-0.1, -0.05) is 34.6 Å². The first-order valence-electron chi connectivity index (χ1n) is 13.8. The third-order valence-electron chi connectivity index (χ3n) is 6.03. The van der Waals surface area contributed by atoms with Gasteiger partial charge in [0.2, 0.25) is 0 Å². The maximum absolute atomic E-state index is 5.31. The van der Waals surface area contributed by atoms with E-state index in [9.17, 15) is 0 Å². The van der Waals surface area contributed by atoms with E-state index >= 15 is 0 Å². The molecule has 37 heavy (non-hydrogen) atoms. The van der Waals surface area contributed by atoms with Crippen molar-refractivity contribution in [3.63, 3.8) is 0 Å². The highest BCUT2D eigenvalue weighted by Gasteiger charge is 2.35. The largest absolute Gasteiger partial charge is 0.317 e. The molecule has 0 aromatic rings. The van der Waals surface area contributed by atoms with Crippen molar-refractivity contribution in [1.82, 2.24) is 28.0 Å². The predicted octanol–water partition coefficient (Wildman–Crippen LogP) is 6.85. The third-order valence-corrected chi connectivity index (χ3v) is 12.7. The Morgan fingerprint density at radius 3 is 1.57 bits per heavy atom. The fraction of sp³-hybridized carbons (Fsp3) is 0.963.